The zero-order chi connectivity index (χ0) is 12.4. The summed E-state index contributed by atoms with van der Waals surface area (Å²) in [6.07, 6.45) is 0. The molecule has 0 spiro atoms. The Morgan fingerprint density at radius 3 is 2.82 bits per heavy atom. The summed E-state index contributed by atoms with van der Waals surface area (Å²) in [5, 5.41) is 10.4. The van der Waals surface area contributed by atoms with Gasteiger partial charge in [-0.3, -0.25) is 0 Å². The van der Waals surface area contributed by atoms with Gasteiger partial charge in [0.1, 0.15) is 5.82 Å². The summed E-state index contributed by atoms with van der Waals surface area (Å²) in [4.78, 5) is 0. The molecular formula is C9H7BrClFN4O. The highest BCUT2D eigenvalue weighted by molar-refractivity contribution is 9.10. The highest BCUT2D eigenvalue weighted by Crippen LogP contribution is 2.33. The van der Waals surface area contributed by atoms with Gasteiger partial charge in [0, 0.05) is 4.47 Å². The van der Waals surface area contributed by atoms with Crippen molar-refractivity contribution >= 4 is 39.2 Å². The third-order valence-corrected chi connectivity index (χ3v) is 2.80. The molecule has 1 aromatic carbocycles. The first-order valence-corrected chi connectivity index (χ1v) is 5.71. The predicted molar refractivity (Wildman–Crippen MR) is 64.6 cm³/mol. The molecule has 2 aromatic rings. The Balaban J connectivity index is 2.29. The highest BCUT2D eigenvalue weighted by atomic mass is 79.9. The number of hydrogen-bond acceptors (Lipinski definition) is 5. The number of nitrogens with two attached hydrogens (primary N) is 1. The van der Waals surface area contributed by atoms with Crippen LogP contribution in [-0.2, 0) is 6.54 Å². The monoisotopic (exact) mass is 320 g/mol. The molecule has 5 nitrogen and oxygen atoms in total. The SMILES string of the molecule is NCc1nnc(Nc2c(Cl)cc(F)cc2Br)o1. The van der Waals surface area contributed by atoms with Gasteiger partial charge in [0.25, 0.3) is 0 Å². The molecule has 0 unspecified atom stereocenters. The van der Waals surface area contributed by atoms with Gasteiger partial charge in [0.2, 0.25) is 5.89 Å². The number of aromatic nitrogens is 2. The second-order valence-corrected chi connectivity index (χ2v) is 4.34. The topological polar surface area (TPSA) is 77.0 Å². The molecule has 3 N–H and O–H groups in total. The van der Waals surface area contributed by atoms with Gasteiger partial charge in [-0.15, -0.1) is 5.10 Å². The molecule has 90 valence electrons. The Morgan fingerprint density at radius 1 is 1.47 bits per heavy atom. The normalized spacial score (nSPS) is 10.6. The number of halogens is 3. The van der Waals surface area contributed by atoms with E-state index in [0.29, 0.717) is 16.1 Å². The second-order valence-electron chi connectivity index (χ2n) is 3.07. The van der Waals surface area contributed by atoms with Crippen molar-refractivity contribution in [2.75, 3.05) is 5.32 Å². The van der Waals surface area contributed by atoms with Crippen LogP contribution in [0.25, 0.3) is 0 Å². The number of nitrogens with zero attached hydrogens (tertiary/aromatic N) is 2. The molecule has 17 heavy (non-hydrogen) atoms. The molecular weight excluding hydrogens is 314 g/mol. The fraction of sp³-hybridized carbons (Fsp3) is 0.111. The molecule has 0 aliphatic rings. The van der Waals surface area contributed by atoms with Gasteiger partial charge in [-0.2, -0.15) is 0 Å². The summed E-state index contributed by atoms with van der Waals surface area (Å²) in [6, 6.07) is 2.59. The molecule has 8 heteroatoms. The molecule has 0 atom stereocenters. The molecule has 2 rings (SSSR count). The first-order chi connectivity index (χ1) is 8.10. The van der Waals surface area contributed by atoms with Gasteiger partial charge in [0.05, 0.1) is 17.3 Å². The summed E-state index contributed by atoms with van der Waals surface area (Å²) < 4.78 is 18.6. The minimum absolute atomic E-state index is 0.139. The number of anilines is 2. The van der Waals surface area contributed by atoms with E-state index in [0.717, 1.165) is 0 Å². The van der Waals surface area contributed by atoms with Crippen LogP contribution < -0.4 is 11.1 Å². The number of hydrogen-bond donors (Lipinski definition) is 2. The molecule has 0 bridgehead atoms. The highest BCUT2D eigenvalue weighted by Gasteiger charge is 2.11. The Labute approximate surface area is 109 Å². The molecule has 1 heterocycles. The van der Waals surface area contributed by atoms with Crippen LogP contribution in [0.2, 0.25) is 5.02 Å². The van der Waals surface area contributed by atoms with Crippen LogP contribution in [0.1, 0.15) is 5.89 Å². The minimum atomic E-state index is -0.444. The van der Waals surface area contributed by atoms with Gasteiger partial charge in [-0.25, -0.2) is 4.39 Å². The van der Waals surface area contributed by atoms with E-state index in [-0.39, 0.29) is 17.6 Å². The van der Waals surface area contributed by atoms with E-state index < -0.39 is 5.82 Å². The van der Waals surface area contributed by atoms with Crippen molar-refractivity contribution in [3.63, 3.8) is 0 Å². The van der Waals surface area contributed by atoms with Crippen molar-refractivity contribution in [2.24, 2.45) is 5.73 Å². The van der Waals surface area contributed by atoms with E-state index in [1.54, 1.807) is 0 Å². The third-order valence-electron chi connectivity index (χ3n) is 1.88. The first kappa shape index (κ1) is 12.3. The fourth-order valence-corrected chi connectivity index (χ4v) is 2.05. The van der Waals surface area contributed by atoms with E-state index in [1.807, 2.05) is 0 Å². The summed E-state index contributed by atoms with van der Waals surface area (Å²) >= 11 is 9.06. The van der Waals surface area contributed by atoms with Crippen LogP contribution in [0.5, 0.6) is 0 Å². The number of rotatable bonds is 3. The van der Waals surface area contributed by atoms with Gasteiger partial charge in [-0.05, 0) is 28.1 Å². The van der Waals surface area contributed by atoms with Crippen molar-refractivity contribution in [1.29, 1.82) is 0 Å². The molecule has 0 saturated carbocycles. The Morgan fingerprint density at radius 2 is 2.24 bits per heavy atom. The van der Waals surface area contributed by atoms with Crippen LogP contribution in [0.4, 0.5) is 16.1 Å². The third kappa shape index (κ3) is 2.74. The van der Waals surface area contributed by atoms with Crippen molar-refractivity contribution in [1.82, 2.24) is 10.2 Å². The fourth-order valence-electron chi connectivity index (χ4n) is 1.16. The molecule has 0 saturated heterocycles. The van der Waals surface area contributed by atoms with Gasteiger partial charge in [-0.1, -0.05) is 16.7 Å². The van der Waals surface area contributed by atoms with Crippen LogP contribution in [0.15, 0.2) is 21.0 Å². The summed E-state index contributed by atoms with van der Waals surface area (Å²) in [5.74, 6) is -0.151. The van der Waals surface area contributed by atoms with E-state index in [2.05, 4.69) is 31.4 Å². The molecule has 0 amide bonds. The molecule has 0 aliphatic carbocycles. The second kappa shape index (κ2) is 4.99. The zero-order valence-electron chi connectivity index (χ0n) is 8.38. The van der Waals surface area contributed by atoms with Crippen LogP contribution in [0.3, 0.4) is 0 Å². The maximum absolute atomic E-state index is 13.0. The Kier molecular flexibility index (Phi) is 3.60. The lowest BCUT2D eigenvalue weighted by Crippen LogP contribution is -1.95. The summed E-state index contributed by atoms with van der Waals surface area (Å²) in [7, 11) is 0. The lowest BCUT2D eigenvalue weighted by Gasteiger charge is -2.06. The summed E-state index contributed by atoms with van der Waals surface area (Å²) in [5.41, 5.74) is 5.77. The largest absolute Gasteiger partial charge is 0.406 e. The standard InChI is InChI=1S/C9H7BrClFN4O/c10-5-1-4(12)2-6(11)8(5)14-9-16-15-7(3-13)17-9/h1-2H,3,13H2,(H,14,16). The molecule has 0 radical (unpaired) electrons. The van der Waals surface area contributed by atoms with Crippen molar-refractivity contribution in [2.45, 2.75) is 6.54 Å². The van der Waals surface area contributed by atoms with Crippen LogP contribution in [0, 0.1) is 5.82 Å². The van der Waals surface area contributed by atoms with E-state index in [9.17, 15) is 4.39 Å². The number of benzene rings is 1. The zero-order valence-corrected chi connectivity index (χ0v) is 10.7. The Hall–Kier alpha value is -1.18. The van der Waals surface area contributed by atoms with E-state index in [1.165, 1.54) is 12.1 Å². The predicted octanol–water partition coefficient (Wildman–Crippen LogP) is 2.83. The van der Waals surface area contributed by atoms with Crippen LogP contribution in [-0.4, -0.2) is 10.2 Å². The van der Waals surface area contributed by atoms with Gasteiger partial charge >= 0.3 is 6.01 Å². The average Bonchev–Trinajstić information content (AvgIpc) is 2.71. The van der Waals surface area contributed by atoms with E-state index >= 15 is 0 Å². The lowest BCUT2D eigenvalue weighted by atomic mass is 10.3. The first-order valence-electron chi connectivity index (χ1n) is 4.54. The maximum atomic E-state index is 13.0. The number of nitrogens with one attached hydrogen (secondary N) is 1. The lowest BCUT2D eigenvalue weighted by molar-refractivity contribution is 0.511. The van der Waals surface area contributed by atoms with Crippen molar-refractivity contribution in [3.8, 4) is 0 Å². The minimum Gasteiger partial charge on any atom is -0.406 e. The molecule has 0 fully saturated rings. The van der Waals surface area contributed by atoms with Crippen LogP contribution >= 0.6 is 27.5 Å². The average molecular weight is 322 g/mol. The maximum Gasteiger partial charge on any atom is 0.320 e. The van der Waals surface area contributed by atoms with E-state index in [4.69, 9.17) is 21.8 Å². The summed E-state index contributed by atoms with van der Waals surface area (Å²) in [6.45, 7) is 0.146. The van der Waals surface area contributed by atoms with Gasteiger partial charge in [0.15, 0.2) is 0 Å². The van der Waals surface area contributed by atoms with Crippen molar-refractivity contribution < 1.29 is 8.81 Å². The Bertz CT molecular complexity index is 525. The van der Waals surface area contributed by atoms with Gasteiger partial charge < -0.3 is 15.5 Å². The molecule has 0 aliphatic heterocycles. The molecule has 1 aromatic heterocycles. The quantitative estimate of drug-likeness (QED) is 0.909. The van der Waals surface area contributed by atoms with Crippen molar-refractivity contribution in [3.05, 3.63) is 33.3 Å². The smallest absolute Gasteiger partial charge is 0.320 e.